The van der Waals surface area contributed by atoms with Gasteiger partial charge in [-0.25, -0.2) is 4.52 Å². The number of nitrogens with one attached hydrogen (secondary N) is 1. The van der Waals surface area contributed by atoms with E-state index in [1.165, 1.54) is 0 Å². The lowest BCUT2D eigenvalue weighted by molar-refractivity contribution is -0.115. The number of pyridine rings is 1. The lowest BCUT2D eigenvalue weighted by Gasteiger charge is -2.51. The van der Waals surface area contributed by atoms with Crippen LogP contribution in [0.4, 0.5) is 0 Å². The predicted molar refractivity (Wildman–Crippen MR) is 89.5 cm³/mol. The summed E-state index contributed by atoms with van der Waals surface area (Å²) in [5.41, 5.74) is 1.46. The average Bonchev–Trinajstić information content (AvgIpc) is 3.01. The van der Waals surface area contributed by atoms with Crippen molar-refractivity contribution in [2.45, 2.75) is 52.2 Å². The second-order valence-corrected chi connectivity index (χ2v) is 6.88. The average molecular weight is 315 g/mol. The SMILES string of the molecule is CCCCOC1CC(NC(=O)c2cccn3nccc23)C1(C)C. The molecule has 0 radical (unpaired) electrons. The summed E-state index contributed by atoms with van der Waals surface area (Å²) >= 11 is 0. The first kappa shape index (κ1) is 16.0. The smallest absolute Gasteiger partial charge is 0.253 e. The molecule has 1 amide bonds. The highest BCUT2D eigenvalue weighted by Gasteiger charge is 2.49. The van der Waals surface area contributed by atoms with E-state index in [-0.39, 0.29) is 23.5 Å². The molecule has 0 spiro atoms. The van der Waals surface area contributed by atoms with Crippen molar-refractivity contribution in [1.29, 1.82) is 0 Å². The third-order valence-corrected chi connectivity index (χ3v) is 4.98. The standard InChI is InChI=1S/C18H25N3O2/c1-4-5-11-23-16-12-15(18(16,2)3)20-17(22)13-7-6-10-21-14(13)8-9-19-21/h6-10,15-16H,4-5,11-12H2,1-3H3,(H,20,22). The zero-order valence-electron chi connectivity index (χ0n) is 14.1. The summed E-state index contributed by atoms with van der Waals surface area (Å²) in [4.78, 5) is 12.6. The minimum absolute atomic E-state index is 0.0330. The van der Waals surface area contributed by atoms with Crippen molar-refractivity contribution in [2.75, 3.05) is 6.61 Å². The van der Waals surface area contributed by atoms with Crippen molar-refractivity contribution >= 4 is 11.4 Å². The first-order valence-corrected chi connectivity index (χ1v) is 8.39. The number of carbonyl (C=O) groups excluding carboxylic acids is 1. The summed E-state index contributed by atoms with van der Waals surface area (Å²) in [6.07, 6.45) is 6.89. The molecule has 0 bridgehead atoms. The highest BCUT2D eigenvalue weighted by atomic mass is 16.5. The van der Waals surface area contributed by atoms with Gasteiger partial charge in [-0.2, -0.15) is 5.10 Å². The predicted octanol–water partition coefficient (Wildman–Crippen LogP) is 3.05. The molecule has 1 aliphatic rings. The zero-order valence-corrected chi connectivity index (χ0v) is 14.1. The van der Waals surface area contributed by atoms with E-state index in [4.69, 9.17) is 4.74 Å². The molecule has 2 aromatic heterocycles. The summed E-state index contributed by atoms with van der Waals surface area (Å²) < 4.78 is 7.66. The van der Waals surface area contributed by atoms with Crippen LogP contribution in [-0.4, -0.2) is 34.3 Å². The fraction of sp³-hybridized carbons (Fsp3) is 0.556. The number of hydrogen-bond donors (Lipinski definition) is 1. The molecule has 0 aliphatic heterocycles. The molecule has 1 fully saturated rings. The Labute approximate surface area is 137 Å². The fourth-order valence-electron chi connectivity index (χ4n) is 3.16. The first-order valence-electron chi connectivity index (χ1n) is 8.39. The molecule has 1 N–H and O–H groups in total. The van der Waals surface area contributed by atoms with Crippen LogP contribution in [0.3, 0.4) is 0 Å². The van der Waals surface area contributed by atoms with Crippen molar-refractivity contribution < 1.29 is 9.53 Å². The Balaban J connectivity index is 1.64. The van der Waals surface area contributed by atoms with Crippen molar-refractivity contribution in [3.8, 4) is 0 Å². The maximum atomic E-state index is 12.6. The number of amides is 1. The van der Waals surface area contributed by atoms with Gasteiger partial charge < -0.3 is 10.1 Å². The third kappa shape index (κ3) is 2.98. The third-order valence-electron chi connectivity index (χ3n) is 4.98. The Morgan fingerprint density at radius 2 is 2.30 bits per heavy atom. The Kier molecular flexibility index (Phi) is 4.39. The molecule has 2 unspecified atom stereocenters. The van der Waals surface area contributed by atoms with Crippen molar-refractivity contribution in [3.05, 3.63) is 36.2 Å². The normalized spacial score (nSPS) is 22.7. The van der Waals surface area contributed by atoms with Crippen LogP contribution in [0, 0.1) is 5.41 Å². The molecule has 0 aromatic carbocycles. The molecule has 5 nitrogen and oxygen atoms in total. The molecule has 2 aromatic rings. The van der Waals surface area contributed by atoms with Crippen LogP contribution in [0.25, 0.3) is 5.52 Å². The lowest BCUT2D eigenvalue weighted by atomic mass is 9.64. The van der Waals surface area contributed by atoms with Gasteiger partial charge in [-0.1, -0.05) is 27.2 Å². The number of carbonyl (C=O) groups is 1. The van der Waals surface area contributed by atoms with E-state index in [9.17, 15) is 4.79 Å². The fourth-order valence-corrected chi connectivity index (χ4v) is 3.16. The minimum Gasteiger partial charge on any atom is -0.378 e. The Bertz CT molecular complexity index is 692. The summed E-state index contributed by atoms with van der Waals surface area (Å²) in [6.45, 7) is 7.30. The van der Waals surface area contributed by atoms with Gasteiger partial charge in [0.2, 0.25) is 0 Å². The summed E-state index contributed by atoms with van der Waals surface area (Å²) in [5, 5.41) is 7.34. The van der Waals surface area contributed by atoms with Gasteiger partial charge >= 0.3 is 0 Å². The molecule has 2 heterocycles. The van der Waals surface area contributed by atoms with Crippen LogP contribution in [0.2, 0.25) is 0 Å². The van der Waals surface area contributed by atoms with E-state index in [2.05, 4.69) is 31.2 Å². The summed E-state index contributed by atoms with van der Waals surface area (Å²) in [6, 6.07) is 5.69. The van der Waals surface area contributed by atoms with E-state index in [0.29, 0.717) is 5.56 Å². The topological polar surface area (TPSA) is 55.6 Å². The van der Waals surface area contributed by atoms with Gasteiger partial charge in [0, 0.05) is 24.3 Å². The summed E-state index contributed by atoms with van der Waals surface area (Å²) in [7, 11) is 0. The van der Waals surface area contributed by atoms with E-state index in [1.54, 1.807) is 10.7 Å². The molecule has 1 aliphatic carbocycles. The minimum atomic E-state index is -0.0406. The molecule has 2 atom stereocenters. The molecule has 0 saturated heterocycles. The van der Waals surface area contributed by atoms with Gasteiger partial charge in [0.15, 0.2) is 0 Å². The molecular weight excluding hydrogens is 290 g/mol. The van der Waals surface area contributed by atoms with E-state index in [1.807, 2.05) is 24.4 Å². The number of ether oxygens (including phenoxy) is 1. The van der Waals surface area contributed by atoms with E-state index >= 15 is 0 Å². The maximum Gasteiger partial charge on any atom is 0.253 e. The van der Waals surface area contributed by atoms with Crippen LogP contribution < -0.4 is 5.32 Å². The zero-order chi connectivity index (χ0) is 16.4. The molecule has 1 saturated carbocycles. The van der Waals surface area contributed by atoms with Crippen molar-refractivity contribution in [2.24, 2.45) is 5.41 Å². The number of nitrogens with zero attached hydrogens (tertiary/aromatic N) is 2. The number of fused-ring (bicyclic) bond motifs is 1. The van der Waals surface area contributed by atoms with Crippen LogP contribution in [-0.2, 0) is 4.74 Å². The van der Waals surface area contributed by atoms with Gasteiger partial charge in [0.05, 0.1) is 23.4 Å². The highest BCUT2D eigenvalue weighted by Crippen LogP contribution is 2.43. The molecule has 124 valence electrons. The van der Waals surface area contributed by atoms with Crippen LogP contribution in [0.5, 0.6) is 0 Å². The number of unbranched alkanes of at least 4 members (excludes halogenated alkanes) is 1. The lowest BCUT2D eigenvalue weighted by Crippen LogP contribution is -2.62. The number of rotatable bonds is 6. The number of hydrogen-bond acceptors (Lipinski definition) is 3. The Hall–Kier alpha value is -1.88. The first-order chi connectivity index (χ1) is 11.0. The Morgan fingerprint density at radius 1 is 1.48 bits per heavy atom. The van der Waals surface area contributed by atoms with Gasteiger partial charge in [-0.3, -0.25) is 4.79 Å². The number of aromatic nitrogens is 2. The van der Waals surface area contributed by atoms with E-state index < -0.39 is 0 Å². The molecule has 3 rings (SSSR count). The Morgan fingerprint density at radius 3 is 3.04 bits per heavy atom. The van der Waals surface area contributed by atoms with Gasteiger partial charge in [0.1, 0.15) is 0 Å². The largest absolute Gasteiger partial charge is 0.378 e. The highest BCUT2D eigenvalue weighted by molar-refractivity contribution is 6.00. The molecule has 5 heteroatoms. The van der Waals surface area contributed by atoms with Crippen LogP contribution in [0.15, 0.2) is 30.6 Å². The van der Waals surface area contributed by atoms with Crippen LogP contribution >= 0.6 is 0 Å². The van der Waals surface area contributed by atoms with E-state index in [0.717, 1.165) is 31.4 Å². The second-order valence-electron chi connectivity index (χ2n) is 6.88. The second kappa shape index (κ2) is 6.32. The van der Waals surface area contributed by atoms with Crippen LogP contribution in [0.1, 0.15) is 50.4 Å². The summed E-state index contributed by atoms with van der Waals surface area (Å²) in [5.74, 6) is -0.0406. The monoisotopic (exact) mass is 315 g/mol. The van der Waals surface area contributed by atoms with Gasteiger partial charge in [-0.15, -0.1) is 0 Å². The molecule has 23 heavy (non-hydrogen) atoms. The maximum absolute atomic E-state index is 12.6. The molecular formula is C18H25N3O2. The van der Waals surface area contributed by atoms with Gasteiger partial charge in [-0.05, 0) is 31.0 Å². The van der Waals surface area contributed by atoms with Gasteiger partial charge in [0.25, 0.3) is 5.91 Å². The quantitative estimate of drug-likeness (QED) is 0.834. The van der Waals surface area contributed by atoms with Crippen molar-refractivity contribution in [3.63, 3.8) is 0 Å². The van der Waals surface area contributed by atoms with Crippen molar-refractivity contribution in [1.82, 2.24) is 14.9 Å².